The molecule has 0 aliphatic carbocycles. The number of nitrogens with one attached hydrogen (secondary N) is 1. The average molecular weight is 525 g/mol. The predicted molar refractivity (Wildman–Crippen MR) is 154 cm³/mol. The first-order valence-corrected chi connectivity index (χ1v) is 13.3. The summed E-state index contributed by atoms with van der Waals surface area (Å²) in [5.74, 6) is 3.10. The molecule has 2 unspecified atom stereocenters. The van der Waals surface area contributed by atoms with Crippen molar-refractivity contribution >= 4 is 10.9 Å². The molecule has 2 atom stereocenters. The van der Waals surface area contributed by atoms with Gasteiger partial charge in [0.25, 0.3) is 0 Å². The summed E-state index contributed by atoms with van der Waals surface area (Å²) in [7, 11) is 3.32. The van der Waals surface area contributed by atoms with Gasteiger partial charge in [-0.15, -0.1) is 10.2 Å². The second-order valence-corrected chi connectivity index (χ2v) is 9.79. The molecule has 8 heteroatoms. The van der Waals surface area contributed by atoms with Crippen LogP contribution >= 0.6 is 0 Å². The molecular formula is C31H36N6O2. The highest BCUT2D eigenvalue weighted by atomic mass is 16.5. The van der Waals surface area contributed by atoms with Crippen LogP contribution in [0.4, 0.5) is 0 Å². The molecule has 0 amide bonds. The smallest absolute Gasteiger partial charge is 0.138 e. The number of nitrogens with two attached hydrogens (primary N) is 2. The van der Waals surface area contributed by atoms with E-state index in [1.165, 1.54) is 16.5 Å². The normalized spacial score (nSPS) is 12.9. The van der Waals surface area contributed by atoms with E-state index in [0.29, 0.717) is 19.5 Å². The van der Waals surface area contributed by atoms with Gasteiger partial charge in [0, 0.05) is 53.7 Å². The summed E-state index contributed by atoms with van der Waals surface area (Å²) >= 11 is 0. The molecule has 0 aliphatic rings. The van der Waals surface area contributed by atoms with E-state index in [1.807, 2.05) is 30.3 Å². The zero-order chi connectivity index (χ0) is 27.2. The number of hydrogen-bond acceptors (Lipinski definition) is 6. The summed E-state index contributed by atoms with van der Waals surface area (Å²) in [5, 5.41) is 10.6. The standard InChI is InChI=1S/C31H36N6O2/c1-38-24-14-13-22(29(17-24)39-2)20-37-30(15-12-21-8-4-3-5-9-21)35-36-31(37)26(27(33)18-32)16-23-19-34-28-11-7-6-10-25(23)28/h3-11,13-14,17,19,26-27,34H,12,15-16,18,20,32-33H2,1-2H3. The fourth-order valence-electron chi connectivity index (χ4n) is 5.17. The lowest BCUT2D eigenvalue weighted by molar-refractivity contribution is 0.389. The van der Waals surface area contributed by atoms with Crippen molar-refractivity contribution < 1.29 is 9.47 Å². The molecule has 0 radical (unpaired) electrons. The van der Waals surface area contributed by atoms with Crippen molar-refractivity contribution in [1.82, 2.24) is 19.7 Å². The van der Waals surface area contributed by atoms with E-state index in [4.69, 9.17) is 26.0 Å². The predicted octanol–water partition coefficient (Wildman–Crippen LogP) is 4.22. The first-order chi connectivity index (χ1) is 19.1. The second-order valence-electron chi connectivity index (χ2n) is 9.79. The summed E-state index contributed by atoms with van der Waals surface area (Å²) < 4.78 is 13.3. The van der Waals surface area contributed by atoms with E-state index in [-0.39, 0.29) is 12.0 Å². The number of fused-ring (bicyclic) bond motifs is 1. The third-order valence-electron chi connectivity index (χ3n) is 7.39. The Balaban J connectivity index is 1.54. The van der Waals surface area contributed by atoms with Crippen LogP contribution in [-0.4, -0.2) is 46.6 Å². The van der Waals surface area contributed by atoms with Gasteiger partial charge in [0.05, 0.1) is 20.8 Å². The minimum Gasteiger partial charge on any atom is -0.497 e. The van der Waals surface area contributed by atoms with Crippen molar-refractivity contribution in [3.05, 3.63) is 107 Å². The van der Waals surface area contributed by atoms with Crippen molar-refractivity contribution in [3.63, 3.8) is 0 Å². The molecule has 0 spiro atoms. The Morgan fingerprint density at radius 1 is 0.897 bits per heavy atom. The van der Waals surface area contributed by atoms with Crippen molar-refractivity contribution in [2.24, 2.45) is 11.5 Å². The maximum Gasteiger partial charge on any atom is 0.138 e. The van der Waals surface area contributed by atoms with Crippen LogP contribution in [0, 0.1) is 0 Å². The minimum absolute atomic E-state index is 0.128. The van der Waals surface area contributed by atoms with Gasteiger partial charge in [-0.3, -0.25) is 0 Å². The molecule has 0 saturated carbocycles. The van der Waals surface area contributed by atoms with Gasteiger partial charge in [0.15, 0.2) is 0 Å². The molecule has 202 valence electrons. The van der Waals surface area contributed by atoms with E-state index in [0.717, 1.165) is 47.1 Å². The van der Waals surface area contributed by atoms with Gasteiger partial charge in [-0.05, 0) is 42.2 Å². The molecule has 2 aromatic heterocycles. The Hall–Kier alpha value is -4.14. The minimum atomic E-state index is -0.290. The largest absolute Gasteiger partial charge is 0.497 e. The van der Waals surface area contributed by atoms with E-state index >= 15 is 0 Å². The number of aryl methyl sites for hydroxylation is 2. The molecule has 0 bridgehead atoms. The highest BCUT2D eigenvalue weighted by Gasteiger charge is 2.28. The van der Waals surface area contributed by atoms with Crippen LogP contribution in [0.25, 0.3) is 10.9 Å². The lowest BCUT2D eigenvalue weighted by Crippen LogP contribution is -2.38. The Bertz CT molecular complexity index is 1510. The van der Waals surface area contributed by atoms with Gasteiger partial charge in [0.1, 0.15) is 23.1 Å². The van der Waals surface area contributed by atoms with Crippen LogP contribution in [0.3, 0.4) is 0 Å². The number of aromatic nitrogens is 4. The summed E-state index contributed by atoms with van der Waals surface area (Å²) in [6.07, 6.45) is 4.35. The van der Waals surface area contributed by atoms with E-state index in [9.17, 15) is 0 Å². The number of hydrogen-bond donors (Lipinski definition) is 3. The molecule has 5 aromatic rings. The van der Waals surface area contributed by atoms with Crippen LogP contribution in [0.2, 0.25) is 0 Å². The summed E-state index contributed by atoms with van der Waals surface area (Å²) in [6.45, 7) is 0.881. The van der Waals surface area contributed by atoms with Gasteiger partial charge in [-0.1, -0.05) is 48.5 Å². The lowest BCUT2D eigenvalue weighted by Gasteiger charge is -2.24. The Morgan fingerprint density at radius 2 is 1.69 bits per heavy atom. The first kappa shape index (κ1) is 26.5. The molecule has 0 saturated heterocycles. The zero-order valence-corrected chi connectivity index (χ0v) is 22.5. The van der Waals surface area contributed by atoms with Gasteiger partial charge in [-0.2, -0.15) is 0 Å². The summed E-state index contributed by atoms with van der Waals surface area (Å²) in [4.78, 5) is 3.38. The van der Waals surface area contributed by atoms with Crippen molar-refractivity contribution in [1.29, 1.82) is 0 Å². The van der Waals surface area contributed by atoms with Crippen molar-refractivity contribution in [3.8, 4) is 11.5 Å². The maximum absolute atomic E-state index is 6.68. The molecule has 2 heterocycles. The number of benzene rings is 3. The molecule has 8 nitrogen and oxygen atoms in total. The highest BCUT2D eigenvalue weighted by molar-refractivity contribution is 5.83. The number of rotatable bonds is 12. The summed E-state index contributed by atoms with van der Waals surface area (Å²) in [5.41, 5.74) is 17.4. The molecule has 3 aromatic carbocycles. The first-order valence-electron chi connectivity index (χ1n) is 13.3. The number of ether oxygens (including phenoxy) is 2. The third-order valence-corrected chi connectivity index (χ3v) is 7.39. The van der Waals surface area contributed by atoms with Gasteiger partial charge < -0.3 is 30.5 Å². The van der Waals surface area contributed by atoms with E-state index < -0.39 is 0 Å². The Morgan fingerprint density at radius 3 is 2.46 bits per heavy atom. The topological polar surface area (TPSA) is 117 Å². The van der Waals surface area contributed by atoms with Gasteiger partial charge >= 0.3 is 0 Å². The molecule has 5 rings (SSSR count). The maximum atomic E-state index is 6.68. The molecule has 0 aliphatic heterocycles. The van der Waals surface area contributed by atoms with Crippen molar-refractivity contribution in [2.75, 3.05) is 20.8 Å². The fourth-order valence-corrected chi connectivity index (χ4v) is 5.17. The number of H-pyrrole nitrogens is 1. The molecule has 5 N–H and O–H groups in total. The SMILES string of the molecule is COc1ccc(Cn2c(CCc3ccccc3)nnc2C(Cc2c[nH]c3ccccc23)C(N)CN)c(OC)c1. The number of para-hydroxylation sites is 1. The zero-order valence-electron chi connectivity index (χ0n) is 22.5. The lowest BCUT2D eigenvalue weighted by atomic mass is 9.91. The molecule has 0 fully saturated rings. The van der Waals surface area contributed by atoms with Crippen molar-refractivity contribution in [2.45, 2.75) is 37.8 Å². The van der Waals surface area contributed by atoms with Crippen LogP contribution < -0.4 is 20.9 Å². The fraction of sp³-hybridized carbons (Fsp3) is 0.290. The average Bonchev–Trinajstić information content (AvgIpc) is 3.58. The third kappa shape index (κ3) is 5.82. The second kappa shape index (κ2) is 12.1. The van der Waals surface area contributed by atoms with Crippen LogP contribution in [0.5, 0.6) is 11.5 Å². The van der Waals surface area contributed by atoms with E-state index in [1.54, 1.807) is 14.2 Å². The van der Waals surface area contributed by atoms with Crippen LogP contribution in [0.15, 0.2) is 79.0 Å². The number of aromatic amines is 1. The quantitative estimate of drug-likeness (QED) is 0.225. The Labute approximate surface area is 229 Å². The molecule has 39 heavy (non-hydrogen) atoms. The monoisotopic (exact) mass is 524 g/mol. The Kier molecular flexibility index (Phi) is 8.24. The highest BCUT2D eigenvalue weighted by Crippen LogP contribution is 2.30. The van der Waals surface area contributed by atoms with Gasteiger partial charge in [0.2, 0.25) is 0 Å². The number of methoxy groups -OCH3 is 2. The summed E-state index contributed by atoms with van der Waals surface area (Å²) in [6, 6.07) is 24.3. The van der Waals surface area contributed by atoms with Gasteiger partial charge in [-0.25, -0.2) is 0 Å². The number of nitrogens with zero attached hydrogens (tertiary/aromatic N) is 3. The molecular weight excluding hydrogens is 488 g/mol. The van der Waals surface area contributed by atoms with Crippen LogP contribution in [-0.2, 0) is 25.8 Å². The van der Waals surface area contributed by atoms with E-state index in [2.05, 4.69) is 63.3 Å². The van der Waals surface area contributed by atoms with Crippen LogP contribution in [0.1, 0.15) is 34.3 Å².